The number of nitrogens with zero attached hydrogens (tertiary/aromatic N) is 1. The molecule has 0 N–H and O–H groups in total. The highest BCUT2D eigenvalue weighted by atomic mass is 16.5. The van der Waals surface area contributed by atoms with Gasteiger partial charge in [-0.25, -0.2) is 0 Å². The molecule has 0 aliphatic rings. The normalized spacial score (nSPS) is 10.7. The summed E-state index contributed by atoms with van der Waals surface area (Å²) in [5.41, 5.74) is 6.44. The minimum Gasteiger partial charge on any atom is -0.494 e. The first kappa shape index (κ1) is 24.6. The third-order valence-electron chi connectivity index (χ3n) is 6.28. The smallest absolute Gasteiger partial charge is 0.119 e. The predicted octanol–water partition coefficient (Wildman–Crippen LogP) is 8.97. The molecular weight excluding hydrogens is 402 g/mol. The number of unbranched alkanes of at least 4 members (excludes halogenated alkanes) is 7. The van der Waals surface area contributed by atoms with Crippen LogP contribution in [0.25, 0.3) is 22.3 Å². The highest BCUT2D eigenvalue weighted by molar-refractivity contribution is 5.71. The average Bonchev–Trinajstić information content (AvgIpc) is 2.88. The molecule has 33 heavy (non-hydrogen) atoms. The Hall–Kier alpha value is -3.05. The molecule has 0 saturated heterocycles. The van der Waals surface area contributed by atoms with Crippen LogP contribution in [0.2, 0.25) is 0 Å². The van der Waals surface area contributed by atoms with Gasteiger partial charge in [0.2, 0.25) is 0 Å². The van der Waals surface area contributed by atoms with E-state index in [0.29, 0.717) is 0 Å². The molecule has 0 bridgehead atoms. The Balaban J connectivity index is 1.48. The molecule has 0 unspecified atom stereocenters. The van der Waals surface area contributed by atoms with Crippen molar-refractivity contribution in [1.29, 1.82) is 5.26 Å². The largest absolute Gasteiger partial charge is 0.494 e. The van der Waals surface area contributed by atoms with Gasteiger partial charge in [0.05, 0.1) is 18.2 Å². The molecule has 0 amide bonds. The van der Waals surface area contributed by atoms with Crippen LogP contribution < -0.4 is 4.74 Å². The maximum absolute atomic E-state index is 9.40. The lowest BCUT2D eigenvalue weighted by molar-refractivity contribution is 0.304. The number of nitriles is 1. The monoisotopic (exact) mass is 439 g/mol. The molecule has 3 rings (SSSR count). The summed E-state index contributed by atoms with van der Waals surface area (Å²) in [4.78, 5) is 0. The van der Waals surface area contributed by atoms with E-state index < -0.39 is 0 Å². The van der Waals surface area contributed by atoms with E-state index in [1.807, 2.05) is 6.07 Å². The maximum Gasteiger partial charge on any atom is 0.119 e. The molecule has 0 atom stereocenters. The lowest BCUT2D eigenvalue weighted by atomic mass is 9.96. The van der Waals surface area contributed by atoms with Crippen LogP contribution >= 0.6 is 0 Å². The Labute approximate surface area is 200 Å². The van der Waals surface area contributed by atoms with Gasteiger partial charge in [-0.2, -0.15) is 5.26 Å². The molecule has 0 aromatic heterocycles. The van der Waals surface area contributed by atoms with Gasteiger partial charge < -0.3 is 4.74 Å². The third kappa shape index (κ3) is 7.50. The van der Waals surface area contributed by atoms with Crippen molar-refractivity contribution in [2.75, 3.05) is 6.61 Å². The van der Waals surface area contributed by atoms with Crippen molar-refractivity contribution in [1.82, 2.24) is 0 Å². The minimum absolute atomic E-state index is 0.765. The van der Waals surface area contributed by atoms with Crippen molar-refractivity contribution in [2.45, 2.75) is 71.6 Å². The van der Waals surface area contributed by atoms with Crippen LogP contribution in [0.1, 0.15) is 76.3 Å². The first-order valence-electron chi connectivity index (χ1n) is 12.6. The van der Waals surface area contributed by atoms with Gasteiger partial charge >= 0.3 is 0 Å². The van der Waals surface area contributed by atoms with Crippen LogP contribution in [0.3, 0.4) is 0 Å². The molecule has 2 nitrogen and oxygen atoms in total. The second kappa shape index (κ2) is 13.5. The fourth-order valence-corrected chi connectivity index (χ4v) is 4.19. The molecule has 0 spiro atoms. The number of benzene rings is 3. The predicted molar refractivity (Wildman–Crippen MR) is 140 cm³/mol. The van der Waals surface area contributed by atoms with Gasteiger partial charge in [-0.05, 0) is 58.9 Å². The molecule has 3 aromatic rings. The van der Waals surface area contributed by atoms with Crippen LogP contribution in [-0.4, -0.2) is 6.61 Å². The molecule has 0 aliphatic carbocycles. The van der Waals surface area contributed by atoms with E-state index in [4.69, 9.17) is 4.74 Å². The zero-order valence-electron chi connectivity index (χ0n) is 20.3. The fraction of sp³-hybridized carbons (Fsp3) is 0.387. The van der Waals surface area contributed by atoms with E-state index >= 15 is 0 Å². The van der Waals surface area contributed by atoms with Gasteiger partial charge in [-0.1, -0.05) is 107 Å². The van der Waals surface area contributed by atoms with Gasteiger partial charge in [-0.15, -0.1) is 0 Å². The quantitative estimate of drug-likeness (QED) is 0.249. The summed E-state index contributed by atoms with van der Waals surface area (Å²) in [7, 11) is 0. The number of hydrogen-bond acceptors (Lipinski definition) is 2. The molecule has 0 radical (unpaired) electrons. The second-order valence-electron chi connectivity index (χ2n) is 8.76. The van der Waals surface area contributed by atoms with Crippen molar-refractivity contribution in [2.24, 2.45) is 0 Å². The molecule has 0 heterocycles. The van der Waals surface area contributed by atoms with Crippen molar-refractivity contribution in [3.05, 3.63) is 77.9 Å². The lowest BCUT2D eigenvalue weighted by Crippen LogP contribution is -1.97. The summed E-state index contributed by atoms with van der Waals surface area (Å²) in [6, 6.07) is 25.4. The Morgan fingerprint density at radius 3 is 1.73 bits per heavy atom. The zero-order valence-corrected chi connectivity index (χ0v) is 20.3. The first-order chi connectivity index (χ1) is 16.2. The van der Waals surface area contributed by atoms with Crippen molar-refractivity contribution < 1.29 is 4.74 Å². The molecule has 0 fully saturated rings. The topological polar surface area (TPSA) is 33.0 Å². The van der Waals surface area contributed by atoms with E-state index in [0.717, 1.165) is 47.5 Å². The SMILES string of the molecule is CCCCCCCCCCOc1ccc(-c2ccc(-c3ccc(CC)c(C#N)c3)cc2)cc1. The minimum atomic E-state index is 0.765. The van der Waals surface area contributed by atoms with E-state index in [2.05, 4.69) is 80.6 Å². The van der Waals surface area contributed by atoms with Gasteiger partial charge in [0, 0.05) is 0 Å². The van der Waals surface area contributed by atoms with E-state index in [-0.39, 0.29) is 0 Å². The molecule has 3 aromatic carbocycles. The van der Waals surface area contributed by atoms with E-state index in [1.165, 1.54) is 56.1 Å². The van der Waals surface area contributed by atoms with Crippen LogP contribution in [0.15, 0.2) is 66.7 Å². The maximum atomic E-state index is 9.40. The highest BCUT2D eigenvalue weighted by Gasteiger charge is 2.05. The Morgan fingerprint density at radius 2 is 1.15 bits per heavy atom. The van der Waals surface area contributed by atoms with Gasteiger partial charge in [0.1, 0.15) is 5.75 Å². The number of aryl methyl sites for hydroxylation is 1. The van der Waals surface area contributed by atoms with E-state index in [1.54, 1.807) is 0 Å². The molecule has 0 saturated carbocycles. The summed E-state index contributed by atoms with van der Waals surface area (Å²) in [5, 5.41) is 9.40. The standard InChI is InChI=1S/C31H37NO/c1-3-5-6-7-8-9-10-11-22-33-31-20-18-27(19-21-31)26-13-15-28(16-14-26)29-17-12-25(4-2)30(23-29)24-32/h12-21,23H,3-11,22H2,1-2H3. The number of ether oxygens (including phenoxy) is 1. The van der Waals surface area contributed by atoms with Crippen LogP contribution in [-0.2, 0) is 6.42 Å². The zero-order chi connectivity index (χ0) is 23.3. The number of rotatable bonds is 13. The van der Waals surface area contributed by atoms with Crippen molar-refractivity contribution in [3.8, 4) is 34.1 Å². The summed E-state index contributed by atoms with van der Waals surface area (Å²) in [6.45, 7) is 5.14. The van der Waals surface area contributed by atoms with Crippen LogP contribution in [0, 0.1) is 11.3 Å². The van der Waals surface area contributed by atoms with E-state index in [9.17, 15) is 5.26 Å². The van der Waals surface area contributed by atoms with Crippen LogP contribution in [0.4, 0.5) is 0 Å². The average molecular weight is 440 g/mol. The van der Waals surface area contributed by atoms with Gasteiger partial charge in [0.15, 0.2) is 0 Å². The van der Waals surface area contributed by atoms with Crippen molar-refractivity contribution >= 4 is 0 Å². The van der Waals surface area contributed by atoms with Gasteiger partial charge in [-0.3, -0.25) is 0 Å². The summed E-state index contributed by atoms with van der Waals surface area (Å²) in [6.07, 6.45) is 11.4. The molecule has 2 heteroatoms. The molecule has 172 valence electrons. The lowest BCUT2D eigenvalue weighted by Gasteiger charge is -2.09. The van der Waals surface area contributed by atoms with Crippen LogP contribution in [0.5, 0.6) is 5.75 Å². The van der Waals surface area contributed by atoms with Crippen molar-refractivity contribution in [3.63, 3.8) is 0 Å². The number of hydrogen-bond donors (Lipinski definition) is 0. The second-order valence-corrected chi connectivity index (χ2v) is 8.76. The third-order valence-corrected chi connectivity index (χ3v) is 6.28. The Bertz CT molecular complexity index is 1010. The van der Waals surface area contributed by atoms with Gasteiger partial charge in [0.25, 0.3) is 0 Å². The summed E-state index contributed by atoms with van der Waals surface area (Å²) in [5.74, 6) is 0.943. The molecular formula is C31H37NO. The first-order valence-corrected chi connectivity index (χ1v) is 12.6. The molecule has 0 aliphatic heterocycles. The fourth-order valence-electron chi connectivity index (χ4n) is 4.19. The summed E-state index contributed by atoms with van der Waals surface area (Å²) >= 11 is 0. The highest BCUT2D eigenvalue weighted by Crippen LogP contribution is 2.27. The summed E-state index contributed by atoms with van der Waals surface area (Å²) < 4.78 is 5.93. The Morgan fingerprint density at radius 1 is 0.636 bits per heavy atom. The Kier molecular flexibility index (Phi) is 10.0.